The molecule has 0 bridgehead atoms. The molecule has 15 heteroatoms. The molecule has 0 aromatic heterocycles. The molecule has 1 heterocycles. The van der Waals surface area contributed by atoms with E-state index in [0.717, 1.165) is 16.7 Å². The number of carbonyl (C=O) groups is 5. The minimum atomic E-state index is -5.08. The van der Waals surface area contributed by atoms with Crippen molar-refractivity contribution >= 4 is 35.6 Å². The summed E-state index contributed by atoms with van der Waals surface area (Å²) in [6.07, 6.45) is -4.68. The molecule has 0 saturated carbocycles. The normalized spacial score (nSPS) is 13.0. The second-order valence-corrected chi connectivity index (χ2v) is 8.43. The van der Waals surface area contributed by atoms with Gasteiger partial charge in [-0.15, -0.1) is 0 Å². The molecule has 2 aromatic rings. The van der Waals surface area contributed by atoms with E-state index in [1.807, 2.05) is 0 Å². The summed E-state index contributed by atoms with van der Waals surface area (Å²) in [5.41, 5.74) is 8.64. The molecule has 0 aliphatic carbocycles. The zero-order valence-corrected chi connectivity index (χ0v) is 20.6. The summed E-state index contributed by atoms with van der Waals surface area (Å²) in [4.78, 5) is 55.9. The Bertz CT molecular complexity index is 1340. The molecule has 12 nitrogen and oxygen atoms in total. The average molecular weight is 567 g/mol. The van der Waals surface area contributed by atoms with Crippen molar-refractivity contribution in [2.24, 2.45) is 5.73 Å². The molecule has 1 amide bonds. The first kappa shape index (κ1) is 31.3. The number of rotatable bonds is 8. The van der Waals surface area contributed by atoms with Gasteiger partial charge in [0.2, 0.25) is 5.91 Å². The van der Waals surface area contributed by atoms with E-state index in [9.17, 15) is 32.3 Å². The molecule has 0 spiro atoms. The van der Waals surface area contributed by atoms with Gasteiger partial charge in [0.05, 0.1) is 12.0 Å². The van der Waals surface area contributed by atoms with Crippen LogP contribution in [-0.4, -0.2) is 63.2 Å². The van der Waals surface area contributed by atoms with Crippen LogP contribution >= 0.6 is 0 Å². The Morgan fingerprint density at radius 1 is 1.07 bits per heavy atom. The highest BCUT2D eigenvalue weighted by molar-refractivity contribution is 5.96. The lowest BCUT2D eigenvalue weighted by Crippen LogP contribution is -2.42. The molecule has 1 unspecified atom stereocenters. The van der Waals surface area contributed by atoms with Crippen LogP contribution in [0.15, 0.2) is 36.4 Å². The van der Waals surface area contributed by atoms with Crippen LogP contribution < -0.4 is 15.8 Å². The highest BCUT2D eigenvalue weighted by atomic mass is 19.4. The number of hydrogen-bond acceptors (Lipinski definition) is 7. The third-order valence-electron chi connectivity index (χ3n) is 5.59. The summed E-state index contributed by atoms with van der Waals surface area (Å²) in [7, 11) is 0. The number of aliphatic carboxylic acids is 3. The number of esters is 1. The van der Waals surface area contributed by atoms with E-state index < -0.39 is 48.4 Å². The molecule has 0 fully saturated rings. The lowest BCUT2D eigenvalue weighted by molar-refractivity contribution is -0.192. The number of carboxylic acids is 3. The van der Waals surface area contributed by atoms with Gasteiger partial charge in [-0.25, -0.2) is 14.4 Å². The summed E-state index contributed by atoms with van der Waals surface area (Å²) in [5.74, 6) is -6.36. The van der Waals surface area contributed by atoms with Gasteiger partial charge in [-0.1, -0.05) is 12.1 Å². The molecule has 2 aromatic carbocycles. The second kappa shape index (κ2) is 13.2. The van der Waals surface area contributed by atoms with Crippen molar-refractivity contribution in [2.75, 3.05) is 0 Å². The lowest BCUT2D eigenvalue weighted by Gasteiger charge is -2.20. The first-order valence-electron chi connectivity index (χ1n) is 11.4. The molecule has 1 atom stereocenters. The van der Waals surface area contributed by atoms with Crippen LogP contribution in [0.25, 0.3) is 0 Å². The number of nitrogens with two attached hydrogens (primary N) is 1. The maximum Gasteiger partial charge on any atom is 0.490 e. The fourth-order valence-electron chi connectivity index (χ4n) is 3.70. The van der Waals surface area contributed by atoms with Crippen LogP contribution in [0.4, 0.5) is 13.2 Å². The van der Waals surface area contributed by atoms with Crippen molar-refractivity contribution in [3.05, 3.63) is 64.2 Å². The number of amidine groups is 1. The van der Waals surface area contributed by atoms with Crippen molar-refractivity contribution in [1.82, 2.24) is 5.32 Å². The van der Waals surface area contributed by atoms with Gasteiger partial charge in [0, 0.05) is 12.0 Å². The van der Waals surface area contributed by atoms with Crippen molar-refractivity contribution in [3.63, 3.8) is 0 Å². The minimum Gasteiger partial charge on any atom is -0.481 e. The van der Waals surface area contributed by atoms with E-state index in [4.69, 9.17) is 36.0 Å². The molecular formula is C25H24F3N3O9. The van der Waals surface area contributed by atoms with Crippen LogP contribution in [0, 0.1) is 5.41 Å². The SMILES string of the molecule is N=C(N)c1ccc2c(c1)CCc1c(CCC(=O)NC(CC(=O)O)C(=O)O)cccc1C(=O)O2.O=C(O)C(F)(F)F. The van der Waals surface area contributed by atoms with Crippen LogP contribution in [0.2, 0.25) is 0 Å². The maximum absolute atomic E-state index is 12.8. The predicted octanol–water partition coefficient (Wildman–Crippen LogP) is 1.90. The number of nitrogen functional groups attached to an aromatic ring is 1. The summed E-state index contributed by atoms with van der Waals surface area (Å²) < 4.78 is 37.3. The molecule has 1 aliphatic rings. The van der Waals surface area contributed by atoms with Crippen molar-refractivity contribution in [2.45, 2.75) is 44.3 Å². The van der Waals surface area contributed by atoms with Gasteiger partial charge in [0.15, 0.2) is 0 Å². The number of aryl methyl sites for hydroxylation is 2. The Balaban J connectivity index is 0.000000708. The Morgan fingerprint density at radius 2 is 1.73 bits per heavy atom. The molecule has 0 saturated heterocycles. The monoisotopic (exact) mass is 567 g/mol. The molecule has 40 heavy (non-hydrogen) atoms. The highest BCUT2D eigenvalue weighted by Gasteiger charge is 2.38. The number of carboxylic acid groups (broad SMARTS) is 3. The van der Waals surface area contributed by atoms with Crippen molar-refractivity contribution < 1.29 is 57.2 Å². The van der Waals surface area contributed by atoms with E-state index in [2.05, 4.69) is 5.32 Å². The van der Waals surface area contributed by atoms with E-state index in [1.165, 1.54) is 0 Å². The van der Waals surface area contributed by atoms with Crippen LogP contribution in [-0.2, 0) is 38.4 Å². The first-order chi connectivity index (χ1) is 18.6. The third-order valence-corrected chi connectivity index (χ3v) is 5.59. The second-order valence-electron chi connectivity index (χ2n) is 8.43. The van der Waals surface area contributed by atoms with E-state index in [-0.39, 0.29) is 18.7 Å². The van der Waals surface area contributed by atoms with Crippen LogP contribution in [0.1, 0.15) is 45.5 Å². The fraction of sp³-hybridized carbons (Fsp3) is 0.280. The number of nitrogens with one attached hydrogen (secondary N) is 2. The number of benzene rings is 2. The molecule has 1 aliphatic heterocycles. The average Bonchev–Trinajstić information content (AvgIpc) is 2.84. The molecule has 0 radical (unpaired) electrons. The van der Waals surface area contributed by atoms with E-state index in [1.54, 1.807) is 36.4 Å². The van der Waals surface area contributed by atoms with Crippen LogP contribution in [0.5, 0.6) is 5.75 Å². The smallest absolute Gasteiger partial charge is 0.481 e. The number of halogens is 3. The van der Waals surface area contributed by atoms with E-state index in [0.29, 0.717) is 29.7 Å². The topological polar surface area (TPSA) is 217 Å². The minimum absolute atomic E-state index is 0.0834. The van der Waals surface area contributed by atoms with Crippen molar-refractivity contribution in [1.29, 1.82) is 5.41 Å². The predicted molar refractivity (Wildman–Crippen MR) is 130 cm³/mol. The quantitative estimate of drug-likeness (QED) is 0.118. The molecule has 214 valence electrons. The van der Waals surface area contributed by atoms with Gasteiger partial charge in [-0.3, -0.25) is 15.0 Å². The Labute approximate surface area is 224 Å². The van der Waals surface area contributed by atoms with Gasteiger partial charge in [0.25, 0.3) is 0 Å². The lowest BCUT2D eigenvalue weighted by atomic mass is 9.91. The number of alkyl halides is 3. The summed E-state index contributed by atoms with van der Waals surface area (Å²) in [5, 5.41) is 34.8. The number of ether oxygens (including phenoxy) is 1. The standard InChI is InChI=1S/C23H23N3O7.C2HF3O2/c24-21(25)14-5-8-18-13(10-14)4-7-15-12(2-1-3-16(15)23(32)33-18)6-9-19(27)26-17(22(30)31)11-20(28)29;3-2(4,5)1(6)7/h1-3,5,8,10,17H,4,6-7,9,11H2,(H3,24,25)(H,26,27)(H,28,29)(H,30,31);(H,6,7). The number of fused-ring (bicyclic) bond motifs is 2. The zero-order valence-electron chi connectivity index (χ0n) is 20.6. The van der Waals surface area contributed by atoms with Gasteiger partial charge < -0.3 is 31.1 Å². The maximum atomic E-state index is 12.8. The summed E-state index contributed by atoms with van der Waals surface area (Å²) in [6.45, 7) is 0. The zero-order chi connectivity index (χ0) is 30.2. The Hall–Kier alpha value is -4.95. The van der Waals surface area contributed by atoms with Gasteiger partial charge >= 0.3 is 30.1 Å². The van der Waals surface area contributed by atoms with Gasteiger partial charge in [-0.05, 0) is 60.2 Å². The highest BCUT2D eigenvalue weighted by Crippen LogP contribution is 2.29. The summed E-state index contributed by atoms with van der Waals surface area (Å²) >= 11 is 0. The molecule has 3 rings (SSSR count). The summed E-state index contributed by atoms with van der Waals surface area (Å²) in [6, 6.07) is 8.51. The number of hydrogen-bond donors (Lipinski definition) is 6. The van der Waals surface area contributed by atoms with E-state index >= 15 is 0 Å². The fourth-order valence-corrected chi connectivity index (χ4v) is 3.70. The van der Waals surface area contributed by atoms with Gasteiger partial charge in [0.1, 0.15) is 17.6 Å². The van der Waals surface area contributed by atoms with Crippen molar-refractivity contribution in [3.8, 4) is 5.75 Å². The first-order valence-corrected chi connectivity index (χ1v) is 11.4. The largest absolute Gasteiger partial charge is 0.490 e. The molecular weight excluding hydrogens is 543 g/mol. The Morgan fingerprint density at radius 3 is 2.27 bits per heavy atom. The van der Waals surface area contributed by atoms with Gasteiger partial charge in [-0.2, -0.15) is 13.2 Å². The molecule has 7 N–H and O–H groups in total. The number of carbonyl (C=O) groups excluding carboxylic acids is 2. The Kier molecular flexibility index (Phi) is 10.3. The third kappa shape index (κ3) is 8.82. The number of amides is 1. The van der Waals surface area contributed by atoms with Crippen LogP contribution in [0.3, 0.4) is 0 Å².